The number of anilines is 1. The van der Waals surface area contributed by atoms with Crippen LogP contribution in [0.2, 0.25) is 5.02 Å². The Balaban J connectivity index is 1.38. The lowest BCUT2D eigenvalue weighted by atomic mass is 10.1. The number of nitrogens with zero attached hydrogens (tertiary/aromatic N) is 3. The Labute approximate surface area is 179 Å². The fraction of sp³-hybridized carbons (Fsp3) is 0.261. The third kappa shape index (κ3) is 3.71. The highest BCUT2D eigenvalue weighted by Gasteiger charge is 2.19. The maximum atomic E-state index is 12.8. The molecular weight excluding hydrogens is 400 g/mol. The van der Waals surface area contributed by atoms with Gasteiger partial charge < -0.3 is 14.6 Å². The number of hydrogen-bond acceptors (Lipinski definition) is 4. The molecule has 0 atom stereocenters. The SMILES string of the molecule is O=C(Nc1cccc(-c2nnc3n2CCCCC3)c1)C1=Cc2cc(Cl)ccc2OC1. The lowest BCUT2D eigenvalue weighted by molar-refractivity contribution is -0.113. The monoisotopic (exact) mass is 420 g/mol. The van der Waals surface area contributed by atoms with E-state index in [-0.39, 0.29) is 12.5 Å². The van der Waals surface area contributed by atoms with Crippen molar-refractivity contribution in [3.8, 4) is 17.1 Å². The summed E-state index contributed by atoms with van der Waals surface area (Å²) in [5.41, 5.74) is 3.01. The lowest BCUT2D eigenvalue weighted by Crippen LogP contribution is -2.21. The van der Waals surface area contributed by atoms with Crippen LogP contribution >= 0.6 is 11.6 Å². The minimum atomic E-state index is -0.196. The van der Waals surface area contributed by atoms with Gasteiger partial charge in [0.05, 0.1) is 5.57 Å². The van der Waals surface area contributed by atoms with Gasteiger partial charge in [-0.15, -0.1) is 10.2 Å². The van der Waals surface area contributed by atoms with E-state index in [0.717, 1.165) is 54.3 Å². The van der Waals surface area contributed by atoms with Crippen LogP contribution in [-0.2, 0) is 17.8 Å². The first-order valence-corrected chi connectivity index (χ1v) is 10.5. The molecule has 1 amide bonds. The molecule has 0 unspecified atom stereocenters. The van der Waals surface area contributed by atoms with E-state index in [1.165, 1.54) is 6.42 Å². The molecule has 2 aliphatic heterocycles. The van der Waals surface area contributed by atoms with Gasteiger partial charge in [-0.2, -0.15) is 0 Å². The summed E-state index contributed by atoms with van der Waals surface area (Å²) in [6, 6.07) is 13.1. The first kappa shape index (κ1) is 18.9. The van der Waals surface area contributed by atoms with Gasteiger partial charge >= 0.3 is 0 Å². The number of carbonyl (C=O) groups excluding carboxylic acids is 1. The molecule has 7 heteroatoms. The van der Waals surface area contributed by atoms with E-state index in [9.17, 15) is 4.79 Å². The van der Waals surface area contributed by atoms with Crippen LogP contribution in [0.25, 0.3) is 17.5 Å². The average molecular weight is 421 g/mol. The molecule has 0 radical (unpaired) electrons. The molecule has 2 aliphatic rings. The summed E-state index contributed by atoms with van der Waals surface area (Å²) in [5, 5.41) is 12.4. The van der Waals surface area contributed by atoms with Crippen LogP contribution in [0.5, 0.6) is 5.75 Å². The number of halogens is 1. The van der Waals surface area contributed by atoms with Crippen molar-refractivity contribution in [2.24, 2.45) is 0 Å². The Hall–Kier alpha value is -3.12. The van der Waals surface area contributed by atoms with Crippen molar-refractivity contribution in [1.29, 1.82) is 0 Å². The molecule has 3 aromatic rings. The first-order chi connectivity index (χ1) is 14.7. The molecule has 1 aromatic heterocycles. The molecular formula is C23H21ClN4O2. The fourth-order valence-corrected chi connectivity index (χ4v) is 4.11. The van der Waals surface area contributed by atoms with Crippen LogP contribution in [0, 0.1) is 0 Å². The molecule has 0 saturated carbocycles. The normalized spacial score (nSPS) is 15.3. The second kappa shape index (κ2) is 7.95. The maximum Gasteiger partial charge on any atom is 0.255 e. The molecule has 3 heterocycles. The zero-order chi connectivity index (χ0) is 20.5. The van der Waals surface area contributed by atoms with Crippen LogP contribution in [0.1, 0.15) is 30.7 Å². The summed E-state index contributed by atoms with van der Waals surface area (Å²) in [6.07, 6.45) is 6.28. The number of carbonyl (C=O) groups is 1. The summed E-state index contributed by atoms with van der Waals surface area (Å²) in [5.74, 6) is 2.42. The Kier molecular flexibility index (Phi) is 5.01. The van der Waals surface area contributed by atoms with Crippen LogP contribution < -0.4 is 10.1 Å². The number of benzene rings is 2. The molecule has 0 bridgehead atoms. The smallest absolute Gasteiger partial charge is 0.255 e. The average Bonchev–Trinajstić information content (AvgIpc) is 3.01. The predicted octanol–water partition coefficient (Wildman–Crippen LogP) is 4.74. The molecule has 6 nitrogen and oxygen atoms in total. The summed E-state index contributed by atoms with van der Waals surface area (Å²) >= 11 is 6.06. The molecule has 0 spiro atoms. The number of amides is 1. The van der Waals surface area contributed by atoms with E-state index in [2.05, 4.69) is 20.1 Å². The number of nitrogens with one attached hydrogen (secondary N) is 1. The summed E-state index contributed by atoms with van der Waals surface area (Å²) in [7, 11) is 0. The van der Waals surface area contributed by atoms with Crippen LogP contribution in [0.4, 0.5) is 5.69 Å². The Morgan fingerprint density at radius 2 is 2.03 bits per heavy atom. The Morgan fingerprint density at radius 1 is 1.10 bits per heavy atom. The molecule has 1 N–H and O–H groups in total. The van der Waals surface area contributed by atoms with Crippen molar-refractivity contribution >= 4 is 29.3 Å². The van der Waals surface area contributed by atoms with Crippen molar-refractivity contribution in [2.45, 2.75) is 32.2 Å². The number of hydrogen-bond donors (Lipinski definition) is 1. The van der Waals surface area contributed by atoms with Gasteiger partial charge in [-0.25, -0.2) is 0 Å². The topological polar surface area (TPSA) is 69.0 Å². The highest BCUT2D eigenvalue weighted by molar-refractivity contribution is 6.30. The van der Waals surface area contributed by atoms with Crippen molar-refractivity contribution < 1.29 is 9.53 Å². The summed E-state index contributed by atoms with van der Waals surface area (Å²) in [6.45, 7) is 1.15. The van der Waals surface area contributed by atoms with Crippen LogP contribution in [-0.4, -0.2) is 27.3 Å². The van der Waals surface area contributed by atoms with Gasteiger partial charge in [0.15, 0.2) is 5.82 Å². The van der Waals surface area contributed by atoms with E-state index >= 15 is 0 Å². The Morgan fingerprint density at radius 3 is 2.97 bits per heavy atom. The number of rotatable bonds is 3. The van der Waals surface area contributed by atoms with Gasteiger partial charge in [-0.3, -0.25) is 4.79 Å². The van der Waals surface area contributed by atoms with Crippen molar-refractivity contribution in [1.82, 2.24) is 14.8 Å². The molecule has 2 aromatic carbocycles. The van der Waals surface area contributed by atoms with E-state index in [0.29, 0.717) is 16.3 Å². The van der Waals surface area contributed by atoms with Gasteiger partial charge in [-0.05, 0) is 49.2 Å². The van der Waals surface area contributed by atoms with Gasteiger partial charge in [0, 0.05) is 34.8 Å². The van der Waals surface area contributed by atoms with E-state index in [1.54, 1.807) is 12.1 Å². The molecule has 152 valence electrons. The van der Waals surface area contributed by atoms with Crippen molar-refractivity contribution in [3.63, 3.8) is 0 Å². The van der Waals surface area contributed by atoms with Gasteiger partial charge in [0.2, 0.25) is 0 Å². The van der Waals surface area contributed by atoms with Crippen LogP contribution in [0.15, 0.2) is 48.0 Å². The van der Waals surface area contributed by atoms with Crippen molar-refractivity contribution in [3.05, 3.63) is 64.4 Å². The molecule has 0 fully saturated rings. The number of aryl methyl sites for hydroxylation is 1. The minimum absolute atomic E-state index is 0.196. The third-order valence-electron chi connectivity index (χ3n) is 5.46. The molecule has 30 heavy (non-hydrogen) atoms. The van der Waals surface area contributed by atoms with Gasteiger partial charge in [-0.1, -0.05) is 30.2 Å². The van der Waals surface area contributed by atoms with Gasteiger partial charge in [0.1, 0.15) is 18.2 Å². The third-order valence-corrected chi connectivity index (χ3v) is 5.70. The highest BCUT2D eigenvalue weighted by atomic mass is 35.5. The van der Waals surface area contributed by atoms with Crippen molar-refractivity contribution in [2.75, 3.05) is 11.9 Å². The first-order valence-electron chi connectivity index (χ1n) is 10.1. The number of aromatic nitrogens is 3. The summed E-state index contributed by atoms with van der Waals surface area (Å²) in [4.78, 5) is 12.8. The zero-order valence-corrected chi connectivity index (χ0v) is 17.2. The number of ether oxygens (including phenoxy) is 1. The quantitative estimate of drug-likeness (QED) is 0.664. The maximum absolute atomic E-state index is 12.8. The largest absolute Gasteiger partial charge is 0.488 e. The van der Waals surface area contributed by atoms with E-state index < -0.39 is 0 Å². The minimum Gasteiger partial charge on any atom is -0.488 e. The second-order valence-corrected chi connectivity index (χ2v) is 8.01. The standard InChI is InChI=1S/C23H21ClN4O2/c24-18-8-9-20-16(12-18)11-17(14-30-20)23(29)25-19-6-4-5-15(13-19)22-27-26-21-7-2-1-3-10-28(21)22/h4-6,8-9,11-13H,1-3,7,10,14H2,(H,25,29). The fourth-order valence-electron chi connectivity index (χ4n) is 3.93. The van der Waals surface area contributed by atoms with Gasteiger partial charge in [0.25, 0.3) is 5.91 Å². The lowest BCUT2D eigenvalue weighted by Gasteiger charge is -2.18. The Bertz CT molecular complexity index is 1150. The zero-order valence-electron chi connectivity index (χ0n) is 16.4. The molecule has 5 rings (SSSR count). The predicted molar refractivity (Wildman–Crippen MR) is 117 cm³/mol. The second-order valence-electron chi connectivity index (χ2n) is 7.58. The van der Waals surface area contributed by atoms with E-state index in [1.807, 2.05) is 36.4 Å². The molecule has 0 saturated heterocycles. The van der Waals surface area contributed by atoms with Crippen LogP contribution in [0.3, 0.4) is 0 Å². The molecule has 0 aliphatic carbocycles. The number of fused-ring (bicyclic) bond motifs is 2. The van der Waals surface area contributed by atoms with E-state index in [4.69, 9.17) is 16.3 Å². The highest BCUT2D eigenvalue weighted by Crippen LogP contribution is 2.30. The summed E-state index contributed by atoms with van der Waals surface area (Å²) < 4.78 is 7.90.